The molecule has 1 aliphatic rings. The van der Waals surface area contributed by atoms with Crippen LogP contribution in [0.3, 0.4) is 0 Å². The van der Waals surface area contributed by atoms with Crippen LogP contribution in [0.4, 0.5) is 0 Å². The number of aliphatic hydroxyl groups is 2. The lowest BCUT2D eigenvalue weighted by atomic mass is 9.88. The van der Waals surface area contributed by atoms with Gasteiger partial charge in [0.05, 0.1) is 12.2 Å². The number of hydrogen-bond acceptors (Lipinski definition) is 4. The van der Waals surface area contributed by atoms with Gasteiger partial charge >= 0.3 is 5.97 Å². The van der Waals surface area contributed by atoms with E-state index in [9.17, 15) is 19.8 Å². The van der Waals surface area contributed by atoms with Crippen molar-refractivity contribution >= 4 is 11.8 Å². The fraction of sp³-hybridized carbons (Fsp3) is 0.800. The maximum atomic E-state index is 12.1. The molecule has 1 aliphatic carbocycles. The molecule has 0 saturated heterocycles. The third-order valence-electron chi connectivity index (χ3n) is 5.05. The van der Waals surface area contributed by atoms with Crippen LogP contribution in [-0.4, -0.2) is 39.3 Å². The molecule has 0 unspecified atom stereocenters. The van der Waals surface area contributed by atoms with E-state index in [-0.39, 0.29) is 30.5 Å². The Morgan fingerprint density at radius 3 is 2.60 bits per heavy atom. The molecule has 0 aliphatic heterocycles. The van der Waals surface area contributed by atoms with Gasteiger partial charge in [0, 0.05) is 24.7 Å². The summed E-state index contributed by atoms with van der Waals surface area (Å²) in [6.07, 6.45) is 10.7. The summed E-state index contributed by atoms with van der Waals surface area (Å²) < 4.78 is 0. The van der Waals surface area contributed by atoms with Crippen LogP contribution in [0.15, 0.2) is 12.2 Å². The highest BCUT2D eigenvalue weighted by molar-refractivity contribution is 5.84. The Bertz CT molecular complexity index is 432. The van der Waals surface area contributed by atoms with Crippen molar-refractivity contribution in [3.8, 4) is 0 Å². The first-order chi connectivity index (χ1) is 12.0. The van der Waals surface area contributed by atoms with Crippen molar-refractivity contribution in [1.82, 2.24) is 0 Å². The third-order valence-corrected chi connectivity index (χ3v) is 5.05. The first kappa shape index (κ1) is 21.8. The predicted octanol–water partition coefficient (Wildman–Crippen LogP) is 3.48. The molecular weight excluding hydrogens is 320 g/mol. The first-order valence-corrected chi connectivity index (χ1v) is 9.74. The van der Waals surface area contributed by atoms with E-state index >= 15 is 0 Å². The Kier molecular flexibility index (Phi) is 10.7. The number of Topliss-reactive ketones (excluding diaryl/α,β-unsaturated/α-hetero) is 1. The van der Waals surface area contributed by atoms with Crippen LogP contribution >= 0.6 is 0 Å². The average Bonchev–Trinajstić information content (AvgIpc) is 2.82. The van der Waals surface area contributed by atoms with Crippen LogP contribution in [0, 0.1) is 11.8 Å². The van der Waals surface area contributed by atoms with E-state index in [0.29, 0.717) is 6.42 Å². The molecule has 5 heteroatoms. The van der Waals surface area contributed by atoms with Gasteiger partial charge in [0.2, 0.25) is 0 Å². The SMILES string of the molecule is CCCCC[C@@H](O)/C=C/[C@H]1[C@@H](O)CC(=O)[C@@H]1CCCCCCC(=O)O. The molecule has 0 spiro atoms. The van der Waals surface area contributed by atoms with Crippen molar-refractivity contribution in [2.75, 3.05) is 0 Å². The van der Waals surface area contributed by atoms with Crippen LogP contribution < -0.4 is 0 Å². The lowest BCUT2D eigenvalue weighted by molar-refractivity contribution is -0.137. The summed E-state index contributed by atoms with van der Waals surface area (Å²) in [5.74, 6) is -1.04. The number of carboxylic acids is 1. The van der Waals surface area contributed by atoms with Crippen LogP contribution in [0.25, 0.3) is 0 Å². The van der Waals surface area contributed by atoms with Gasteiger partial charge in [-0.3, -0.25) is 9.59 Å². The van der Waals surface area contributed by atoms with Crippen LogP contribution in [-0.2, 0) is 9.59 Å². The van der Waals surface area contributed by atoms with Crippen LogP contribution in [0.2, 0.25) is 0 Å². The summed E-state index contributed by atoms with van der Waals surface area (Å²) in [4.78, 5) is 22.6. The maximum Gasteiger partial charge on any atom is 0.303 e. The molecule has 0 radical (unpaired) electrons. The van der Waals surface area contributed by atoms with E-state index in [0.717, 1.165) is 51.4 Å². The van der Waals surface area contributed by atoms with E-state index in [1.165, 1.54) is 0 Å². The van der Waals surface area contributed by atoms with Crippen molar-refractivity contribution in [2.24, 2.45) is 11.8 Å². The van der Waals surface area contributed by atoms with Gasteiger partial charge in [0.15, 0.2) is 0 Å². The number of aliphatic hydroxyl groups excluding tert-OH is 2. The summed E-state index contributed by atoms with van der Waals surface area (Å²) in [7, 11) is 0. The Morgan fingerprint density at radius 2 is 1.92 bits per heavy atom. The Labute approximate surface area is 151 Å². The third kappa shape index (κ3) is 8.63. The fourth-order valence-electron chi connectivity index (χ4n) is 3.54. The smallest absolute Gasteiger partial charge is 0.303 e. The van der Waals surface area contributed by atoms with Gasteiger partial charge in [0.1, 0.15) is 5.78 Å². The summed E-state index contributed by atoms with van der Waals surface area (Å²) >= 11 is 0. The molecular formula is C20H34O5. The normalized spacial score (nSPS) is 24.9. The Balaban J connectivity index is 2.39. The van der Waals surface area contributed by atoms with Gasteiger partial charge < -0.3 is 15.3 Å². The van der Waals surface area contributed by atoms with Crippen molar-refractivity contribution in [2.45, 2.75) is 89.8 Å². The molecule has 0 aromatic rings. The molecule has 0 amide bonds. The van der Waals surface area contributed by atoms with Crippen molar-refractivity contribution in [3.63, 3.8) is 0 Å². The van der Waals surface area contributed by atoms with Crippen LogP contribution in [0.1, 0.15) is 77.6 Å². The molecule has 1 rings (SSSR count). The van der Waals surface area contributed by atoms with E-state index < -0.39 is 18.2 Å². The van der Waals surface area contributed by atoms with Gasteiger partial charge in [0.25, 0.3) is 0 Å². The highest BCUT2D eigenvalue weighted by Gasteiger charge is 2.39. The predicted molar refractivity (Wildman–Crippen MR) is 97.2 cm³/mol. The van der Waals surface area contributed by atoms with Gasteiger partial charge in [-0.15, -0.1) is 0 Å². The fourth-order valence-corrected chi connectivity index (χ4v) is 3.54. The molecule has 1 fully saturated rings. The van der Waals surface area contributed by atoms with E-state index in [2.05, 4.69) is 6.92 Å². The minimum absolute atomic E-state index is 0.105. The van der Waals surface area contributed by atoms with Gasteiger partial charge in [-0.25, -0.2) is 0 Å². The lowest BCUT2D eigenvalue weighted by Crippen LogP contribution is -2.19. The molecule has 3 N–H and O–H groups in total. The maximum absolute atomic E-state index is 12.1. The second-order valence-electron chi connectivity index (χ2n) is 7.22. The number of carbonyl (C=O) groups excluding carboxylic acids is 1. The quantitative estimate of drug-likeness (QED) is 0.348. The van der Waals surface area contributed by atoms with Gasteiger partial charge in [-0.1, -0.05) is 57.6 Å². The minimum atomic E-state index is -0.767. The molecule has 25 heavy (non-hydrogen) atoms. The standard InChI is InChI=1S/C20H34O5/c1-2-3-6-9-15(21)12-13-17-16(18(22)14-19(17)23)10-7-4-5-8-11-20(24)25/h12-13,15-17,19,21,23H,2-11,14H2,1H3,(H,24,25)/b13-12+/t15-,16-,17-,19+/m1/s1. The highest BCUT2D eigenvalue weighted by atomic mass is 16.4. The number of aliphatic carboxylic acids is 1. The zero-order chi connectivity index (χ0) is 18.7. The monoisotopic (exact) mass is 354 g/mol. The first-order valence-electron chi connectivity index (χ1n) is 9.74. The molecule has 0 aromatic heterocycles. The zero-order valence-corrected chi connectivity index (χ0v) is 15.4. The van der Waals surface area contributed by atoms with Gasteiger partial charge in [-0.05, 0) is 19.3 Å². The summed E-state index contributed by atoms with van der Waals surface area (Å²) in [6.45, 7) is 2.12. The Hall–Kier alpha value is -1.20. The number of carboxylic acid groups (broad SMARTS) is 1. The van der Waals surface area contributed by atoms with Crippen LogP contribution in [0.5, 0.6) is 0 Å². The largest absolute Gasteiger partial charge is 0.481 e. The minimum Gasteiger partial charge on any atom is -0.481 e. The van der Waals surface area contributed by atoms with Crippen molar-refractivity contribution in [3.05, 3.63) is 12.2 Å². The summed E-state index contributed by atoms with van der Waals surface area (Å²) in [6, 6.07) is 0. The van der Waals surface area contributed by atoms with E-state index in [4.69, 9.17) is 5.11 Å². The molecule has 0 aromatic carbocycles. The number of carbonyl (C=O) groups is 2. The van der Waals surface area contributed by atoms with Crippen molar-refractivity contribution < 1.29 is 24.9 Å². The highest BCUT2D eigenvalue weighted by Crippen LogP contribution is 2.34. The topological polar surface area (TPSA) is 94.8 Å². The van der Waals surface area contributed by atoms with Crippen molar-refractivity contribution in [1.29, 1.82) is 0 Å². The zero-order valence-electron chi connectivity index (χ0n) is 15.4. The second-order valence-corrected chi connectivity index (χ2v) is 7.22. The van der Waals surface area contributed by atoms with E-state index in [1.807, 2.05) is 6.08 Å². The molecule has 0 bridgehead atoms. The number of hydrogen-bond donors (Lipinski definition) is 3. The Morgan fingerprint density at radius 1 is 1.20 bits per heavy atom. The summed E-state index contributed by atoms with van der Waals surface area (Å²) in [5.41, 5.74) is 0. The van der Waals surface area contributed by atoms with E-state index in [1.54, 1.807) is 6.08 Å². The van der Waals surface area contributed by atoms with Gasteiger partial charge in [-0.2, -0.15) is 0 Å². The number of ketones is 1. The molecule has 144 valence electrons. The molecule has 1 saturated carbocycles. The summed E-state index contributed by atoms with van der Waals surface area (Å²) in [5, 5.41) is 28.7. The number of rotatable bonds is 13. The lowest BCUT2D eigenvalue weighted by Gasteiger charge is -2.18. The molecule has 4 atom stereocenters. The average molecular weight is 354 g/mol. The molecule has 5 nitrogen and oxygen atoms in total. The second kappa shape index (κ2) is 12.2. The number of unbranched alkanes of at least 4 members (excludes halogenated alkanes) is 5. The molecule has 0 heterocycles.